The summed E-state index contributed by atoms with van der Waals surface area (Å²) in [6, 6.07) is 0.522. The zero-order valence-electron chi connectivity index (χ0n) is 13.9. The Morgan fingerprint density at radius 3 is 2.82 bits per heavy atom. The van der Waals surface area contributed by atoms with Gasteiger partial charge in [0.1, 0.15) is 6.54 Å². The van der Waals surface area contributed by atoms with E-state index in [1.54, 1.807) is 4.68 Å². The molecule has 2 heterocycles. The topological polar surface area (TPSA) is 59.4 Å². The molecule has 6 nitrogen and oxygen atoms in total. The molecule has 0 bridgehead atoms. The summed E-state index contributed by atoms with van der Waals surface area (Å²) < 4.78 is 6.75. The number of esters is 1. The van der Waals surface area contributed by atoms with Crippen LogP contribution in [0.25, 0.3) is 0 Å². The molecule has 2 rings (SSSR count). The predicted molar refractivity (Wildman–Crippen MR) is 88.3 cm³/mol. The number of rotatable bonds is 5. The molecule has 1 fully saturated rings. The second kappa shape index (κ2) is 8.50. The Hall–Kier alpha value is -1.11. The first-order chi connectivity index (χ1) is 10.0. The van der Waals surface area contributed by atoms with Gasteiger partial charge in [0.25, 0.3) is 0 Å². The van der Waals surface area contributed by atoms with Crippen LogP contribution in [0, 0.1) is 13.8 Å². The molecule has 1 aromatic heterocycles. The molecular weight excluding hydrogens is 304 g/mol. The van der Waals surface area contributed by atoms with Gasteiger partial charge in [0.2, 0.25) is 0 Å². The molecule has 0 spiro atoms. The molecule has 1 aliphatic rings. The van der Waals surface area contributed by atoms with E-state index in [9.17, 15) is 4.79 Å². The first kappa shape index (κ1) is 18.9. The average molecular weight is 331 g/mol. The SMILES string of the molecule is CCOC(=O)Cn1nc(C)c(CN2CCNC(C)C2)c1C.Cl. The lowest BCUT2D eigenvalue weighted by Crippen LogP contribution is -2.48. The number of aryl methyl sites for hydroxylation is 1. The highest BCUT2D eigenvalue weighted by Crippen LogP contribution is 2.16. The Morgan fingerprint density at radius 2 is 2.18 bits per heavy atom. The van der Waals surface area contributed by atoms with E-state index < -0.39 is 0 Å². The fourth-order valence-electron chi connectivity index (χ4n) is 2.83. The van der Waals surface area contributed by atoms with E-state index in [4.69, 9.17) is 4.74 Å². The lowest BCUT2D eigenvalue weighted by atomic mass is 10.1. The number of carbonyl (C=O) groups excluding carboxylic acids is 1. The number of carbonyl (C=O) groups is 1. The van der Waals surface area contributed by atoms with Gasteiger partial charge < -0.3 is 10.1 Å². The van der Waals surface area contributed by atoms with Crippen molar-refractivity contribution in [2.75, 3.05) is 26.2 Å². The molecule has 1 unspecified atom stereocenters. The van der Waals surface area contributed by atoms with Crippen molar-refractivity contribution >= 4 is 18.4 Å². The van der Waals surface area contributed by atoms with Gasteiger partial charge in [0.15, 0.2) is 0 Å². The van der Waals surface area contributed by atoms with Gasteiger partial charge in [-0.05, 0) is 27.7 Å². The van der Waals surface area contributed by atoms with Crippen LogP contribution in [-0.4, -0.2) is 52.9 Å². The van der Waals surface area contributed by atoms with Gasteiger partial charge in [-0.2, -0.15) is 5.10 Å². The van der Waals surface area contributed by atoms with Gasteiger partial charge in [-0.15, -0.1) is 12.4 Å². The van der Waals surface area contributed by atoms with Crippen LogP contribution in [-0.2, 0) is 22.6 Å². The third kappa shape index (κ3) is 4.69. The maximum absolute atomic E-state index is 11.6. The smallest absolute Gasteiger partial charge is 0.327 e. The molecule has 7 heteroatoms. The van der Waals surface area contributed by atoms with Gasteiger partial charge in [-0.1, -0.05) is 0 Å². The molecule has 1 aliphatic heterocycles. The van der Waals surface area contributed by atoms with Crippen molar-refractivity contribution in [3.05, 3.63) is 17.0 Å². The second-order valence-electron chi connectivity index (χ2n) is 5.70. The van der Waals surface area contributed by atoms with E-state index in [1.165, 1.54) is 5.56 Å². The highest BCUT2D eigenvalue weighted by atomic mass is 35.5. The van der Waals surface area contributed by atoms with Crippen LogP contribution in [0.3, 0.4) is 0 Å². The van der Waals surface area contributed by atoms with Crippen LogP contribution in [0.4, 0.5) is 0 Å². The minimum atomic E-state index is -0.231. The highest BCUT2D eigenvalue weighted by Gasteiger charge is 2.20. The van der Waals surface area contributed by atoms with Crippen molar-refractivity contribution in [3.63, 3.8) is 0 Å². The predicted octanol–water partition coefficient (Wildman–Crippen LogP) is 1.28. The quantitative estimate of drug-likeness (QED) is 0.824. The fourth-order valence-corrected chi connectivity index (χ4v) is 2.83. The standard InChI is InChI=1S/C15H26N4O2.ClH/c1-5-21-15(20)10-19-13(4)14(12(3)17-19)9-18-7-6-16-11(2)8-18;/h11,16H,5-10H2,1-4H3;1H. The van der Waals surface area contributed by atoms with Crippen LogP contribution in [0.1, 0.15) is 30.8 Å². The molecular formula is C15H27ClN4O2. The van der Waals surface area contributed by atoms with E-state index >= 15 is 0 Å². The van der Waals surface area contributed by atoms with Gasteiger partial charge in [-0.25, -0.2) is 0 Å². The zero-order chi connectivity index (χ0) is 15.4. The van der Waals surface area contributed by atoms with E-state index in [-0.39, 0.29) is 24.9 Å². The van der Waals surface area contributed by atoms with Crippen LogP contribution < -0.4 is 5.32 Å². The van der Waals surface area contributed by atoms with Gasteiger partial charge in [-0.3, -0.25) is 14.4 Å². The molecule has 1 N–H and O–H groups in total. The molecule has 0 aliphatic carbocycles. The Kier molecular flexibility index (Phi) is 7.32. The fraction of sp³-hybridized carbons (Fsp3) is 0.733. The molecule has 0 aromatic carbocycles. The van der Waals surface area contributed by atoms with E-state index in [0.717, 1.165) is 37.6 Å². The lowest BCUT2D eigenvalue weighted by Gasteiger charge is -2.31. The van der Waals surface area contributed by atoms with Crippen LogP contribution >= 0.6 is 12.4 Å². The number of hydrogen-bond donors (Lipinski definition) is 1. The molecule has 1 saturated heterocycles. The van der Waals surface area contributed by atoms with Gasteiger partial charge in [0, 0.05) is 43.5 Å². The summed E-state index contributed by atoms with van der Waals surface area (Å²) >= 11 is 0. The van der Waals surface area contributed by atoms with Crippen molar-refractivity contribution in [1.29, 1.82) is 0 Å². The summed E-state index contributed by atoms with van der Waals surface area (Å²) in [4.78, 5) is 14.1. The van der Waals surface area contributed by atoms with Gasteiger partial charge >= 0.3 is 5.97 Å². The molecule has 1 aromatic rings. The van der Waals surface area contributed by atoms with Crippen molar-refractivity contribution in [2.24, 2.45) is 0 Å². The first-order valence-corrected chi connectivity index (χ1v) is 7.65. The summed E-state index contributed by atoms with van der Waals surface area (Å²) in [6.45, 7) is 12.7. The van der Waals surface area contributed by atoms with Crippen LogP contribution in [0.5, 0.6) is 0 Å². The van der Waals surface area contributed by atoms with Crippen LogP contribution in [0.15, 0.2) is 0 Å². The molecule has 126 valence electrons. The summed E-state index contributed by atoms with van der Waals surface area (Å²) in [5, 5.41) is 7.94. The summed E-state index contributed by atoms with van der Waals surface area (Å²) in [6.07, 6.45) is 0. The minimum Gasteiger partial charge on any atom is -0.465 e. The molecule has 1 atom stereocenters. The third-order valence-electron chi connectivity index (χ3n) is 3.95. The summed E-state index contributed by atoms with van der Waals surface area (Å²) in [5.74, 6) is -0.231. The second-order valence-corrected chi connectivity index (χ2v) is 5.70. The number of nitrogens with zero attached hydrogens (tertiary/aromatic N) is 3. The lowest BCUT2D eigenvalue weighted by molar-refractivity contribution is -0.144. The van der Waals surface area contributed by atoms with E-state index in [2.05, 4.69) is 22.2 Å². The Labute approximate surface area is 138 Å². The maximum Gasteiger partial charge on any atom is 0.327 e. The zero-order valence-corrected chi connectivity index (χ0v) is 14.7. The Balaban J connectivity index is 0.00000242. The molecule has 0 radical (unpaired) electrons. The van der Waals surface area contributed by atoms with Crippen molar-refractivity contribution in [1.82, 2.24) is 20.0 Å². The minimum absolute atomic E-state index is 0. The molecule has 0 saturated carbocycles. The highest BCUT2D eigenvalue weighted by molar-refractivity contribution is 5.85. The van der Waals surface area contributed by atoms with E-state index in [1.807, 2.05) is 20.8 Å². The maximum atomic E-state index is 11.6. The Morgan fingerprint density at radius 1 is 1.45 bits per heavy atom. The largest absolute Gasteiger partial charge is 0.465 e. The average Bonchev–Trinajstić information content (AvgIpc) is 2.67. The Bertz CT molecular complexity index is 504. The number of ether oxygens (including phenoxy) is 1. The van der Waals surface area contributed by atoms with Gasteiger partial charge in [0.05, 0.1) is 12.3 Å². The number of piperazine rings is 1. The number of aromatic nitrogens is 2. The first-order valence-electron chi connectivity index (χ1n) is 7.65. The van der Waals surface area contributed by atoms with Crippen molar-refractivity contribution in [2.45, 2.75) is 46.8 Å². The van der Waals surface area contributed by atoms with Crippen molar-refractivity contribution in [3.8, 4) is 0 Å². The molecule has 0 amide bonds. The number of hydrogen-bond acceptors (Lipinski definition) is 5. The van der Waals surface area contributed by atoms with Crippen LogP contribution in [0.2, 0.25) is 0 Å². The number of nitrogens with one attached hydrogen (secondary N) is 1. The van der Waals surface area contributed by atoms with E-state index in [0.29, 0.717) is 12.6 Å². The summed E-state index contributed by atoms with van der Waals surface area (Å²) in [7, 11) is 0. The monoisotopic (exact) mass is 330 g/mol. The molecule has 22 heavy (non-hydrogen) atoms. The third-order valence-corrected chi connectivity index (χ3v) is 3.95. The summed E-state index contributed by atoms with van der Waals surface area (Å²) in [5.41, 5.74) is 3.29. The van der Waals surface area contributed by atoms with Crippen molar-refractivity contribution < 1.29 is 9.53 Å². The normalized spacial score (nSPS) is 18.8. The number of halogens is 1.